The highest BCUT2D eigenvalue weighted by Gasteiger charge is 2.19. The van der Waals surface area contributed by atoms with E-state index in [0.29, 0.717) is 17.5 Å². The lowest BCUT2D eigenvalue weighted by Crippen LogP contribution is -2.46. The Labute approximate surface area is 156 Å². The number of rotatable bonds is 4. The monoisotopic (exact) mass is 368 g/mol. The van der Waals surface area contributed by atoms with Crippen molar-refractivity contribution in [2.24, 2.45) is 0 Å². The summed E-state index contributed by atoms with van der Waals surface area (Å²) < 4.78 is 18.2. The molecule has 4 rings (SSSR count). The number of nitrogens with zero attached hydrogens (tertiary/aromatic N) is 5. The smallest absolute Gasteiger partial charge is 0.175 e. The van der Waals surface area contributed by atoms with Crippen LogP contribution in [0.4, 0.5) is 27.5 Å². The van der Waals surface area contributed by atoms with Crippen molar-refractivity contribution in [2.45, 2.75) is 13.8 Å². The number of nitrogens with one attached hydrogen (secondary N) is 1. The molecule has 0 saturated carbocycles. The maximum absolute atomic E-state index is 13.1. The highest BCUT2D eigenvalue weighted by atomic mass is 19.1. The van der Waals surface area contributed by atoms with Crippen LogP contribution in [-0.2, 0) is 0 Å². The van der Waals surface area contributed by atoms with Gasteiger partial charge >= 0.3 is 0 Å². The summed E-state index contributed by atoms with van der Waals surface area (Å²) in [5.74, 6) is 3.40. The zero-order chi connectivity index (χ0) is 18.8. The maximum atomic E-state index is 13.1. The van der Waals surface area contributed by atoms with E-state index in [1.165, 1.54) is 12.1 Å². The minimum atomic E-state index is -0.212. The summed E-state index contributed by atoms with van der Waals surface area (Å²) in [6.45, 7) is 7.07. The van der Waals surface area contributed by atoms with Gasteiger partial charge < -0.3 is 19.6 Å². The van der Waals surface area contributed by atoms with Gasteiger partial charge in [0.15, 0.2) is 5.82 Å². The van der Waals surface area contributed by atoms with Crippen LogP contribution in [0.5, 0.6) is 0 Å². The molecule has 7 nitrogen and oxygen atoms in total. The molecule has 140 valence electrons. The summed E-state index contributed by atoms with van der Waals surface area (Å²) in [7, 11) is 0. The average Bonchev–Trinajstić information content (AvgIpc) is 3.07. The second-order valence-electron chi connectivity index (χ2n) is 6.56. The van der Waals surface area contributed by atoms with Gasteiger partial charge in [-0.3, -0.25) is 0 Å². The Morgan fingerprint density at radius 1 is 0.926 bits per heavy atom. The normalized spacial score (nSPS) is 14.5. The van der Waals surface area contributed by atoms with Gasteiger partial charge in [-0.25, -0.2) is 14.4 Å². The maximum Gasteiger partial charge on any atom is 0.175 e. The molecule has 3 aromatic rings. The molecule has 8 heteroatoms. The molecule has 1 saturated heterocycles. The highest BCUT2D eigenvalue weighted by molar-refractivity contribution is 5.57. The number of halogens is 1. The second kappa shape index (κ2) is 7.22. The Bertz CT molecular complexity index is 918. The molecule has 27 heavy (non-hydrogen) atoms. The second-order valence-corrected chi connectivity index (χ2v) is 6.56. The van der Waals surface area contributed by atoms with Gasteiger partial charge in [0.05, 0.1) is 0 Å². The molecule has 0 amide bonds. The SMILES string of the molecule is Cc1nc(Nc2cc(C)on2)cc(N2CCN(c3ccc(F)cc3)CC2)n1. The Kier molecular flexibility index (Phi) is 4.62. The van der Waals surface area contributed by atoms with Crippen LogP contribution in [-0.4, -0.2) is 41.3 Å². The first-order valence-corrected chi connectivity index (χ1v) is 8.88. The zero-order valence-corrected chi connectivity index (χ0v) is 15.3. The first-order chi connectivity index (χ1) is 13.1. The summed E-state index contributed by atoms with van der Waals surface area (Å²) >= 11 is 0. The Hall–Kier alpha value is -3.16. The lowest BCUT2D eigenvalue weighted by Gasteiger charge is -2.36. The standard InChI is InChI=1S/C19H21FN6O/c1-13-11-18(24-27-13)23-17-12-19(22-14(2)21-17)26-9-7-25(8-10-26)16-5-3-15(20)4-6-16/h3-6,11-12H,7-10H2,1-2H3,(H,21,22,23,24). The minimum Gasteiger partial charge on any atom is -0.368 e. The Balaban J connectivity index is 1.45. The van der Waals surface area contributed by atoms with E-state index in [1.54, 1.807) is 0 Å². The molecule has 1 aliphatic heterocycles. The topological polar surface area (TPSA) is 70.3 Å². The molecule has 0 radical (unpaired) electrons. The third-order valence-corrected chi connectivity index (χ3v) is 4.50. The van der Waals surface area contributed by atoms with E-state index in [9.17, 15) is 4.39 Å². The first kappa shape index (κ1) is 17.3. The summed E-state index contributed by atoms with van der Waals surface area (Å²) in [6, 6.07) is 10.4. The van der Waals surface area contributed by atoms with Gasteiger partial charge in [-0.15, -0.1) is 0 Å². The molecular formula is C19H21FN6O. The molecule has 1 aliphatic rings. The van der Waals surface area contributed by atoms with Crippen LogP contribution in [0.15, 0.2) is 40.9 Å². The first-order valence-electron chi connectivity index (χ1n) is 8.88. The van der Waals surface area contributed by atoms with Crippen LogP contribution in [0, 0.1) is 19.7 Å². The van der Waals surface area contributed by atoms with Crippen molar-refractivity contribution < 1.29 is 8.91 Å². The molecule has 1 aromatic carbocycles. The fourth-order valence-electron chi connectivity index (χ4n) is 3.18. The van der Waals surface area contributed by atoms with Crippen LogP contribution in [0.1, 0.15) is 11.6 Å². The summed E-state index contributed by atoms with van der Waals surface area (Å²) in [4.78, 5) is 13.5. The molecule has 2 aromatic heterocycles. The van der Waals surface area contributed by atoms with Crippen LogP contribution in [0.25, 0.3) is 0 Å². The molecule has 1 N–H and O–H groups in total. The number of benzene rings is 1. The predicted octanol–water partition coefficient (Wildman–Crippen LogP) is 3.29. The fraction of sp³-hybridized carbons (Fsp3) is 0.316. The molecule has 1 fully saturated rings. The number of hydrogen-bond donors (Lipinski definition) is 1. The Morgan fingerprint density at radius 3 is 2.30 bits per heavy atom. The largest absolute Gasteiger partial charge is 0.368 e. The number of hydrogen-bond acceptors (Lipinski definition) is 7. The van der Waals surface area contributed by atoms with Gasteiger partial charge in [-0.05, 0) is 38.1 Å². The molecule has 0 aliphatic carbocycles. The fourth-order valence-corrected chi connectivity index (χ4v) is 3.18. The van der Waals surface area contributed by atoms with Crippen molar-refractivity contribution in [3.05, 3.63) is 53.8 Å². The third kappa shape index (κ3) is 3.99. The summed E-state index contributed by atoms with van der Waals surface area (Å²) in [5.41, 5.74) is 1.04. The van der Waals surface area contributed by atoms with Crippen LogP contribution in [0.3, 0.4) is 0 Å². The lowest BCUT2D eigenvalue weighted by molar-refractivity contribution is 0.400. The number of piperazine rings is 1. The summed E-state index contributed by atoms with van der Waals surface area (Å²) in [6.07, 6.45) is 0. The van der Waals surface area contributed by atoms with Crippen molar-refractivity contribution in [1.82, 2.24) is 15.1 Å². The number of aromatic nitrogens is 3. The van der Waals surface area contributed by atoms with E-state index < -0.39 is 0 Å². The van der Waals surface area contributed by atoms with Crippen molar-refractivity contribution in [3.8, 4) is 0 Å². The highest BCUT2D eigenvalue weighted by Crippen LogP contribution is 2.23. The van der Waals surface area contributed by atoms with Crippen molar-refractivity contribution in [3.63, 3.8) is 0 Å². The van der Waals surface area contributed by atoms with Gasteiger partial charge in [0, 0.05) is 44.0 Å². The van der Waals surface area contributed by atoms with Gasteiger partial charge in [-0.1, -0.05) is 5.16 Å². The quantitative estimate of drug-likeness (QED) is 0.758. The predicted molar refractivity (Wildman–Crippen MR) is 102 cm³/mol. The molecule has 0 bridgehead atoms. The van der Waals surface area contributed by atoms with Crippen molar-refractivity contribution >= 4 is 23.1 Å². The minimum absolute atomic E-state index is 0.212. The van der Waals surface area contributed by atoms with Crippen LogP contribution in [0.2, 0.25) is 0 Å². The molecule has 0 spiro atoms. The van der Waals surface area contributed by atoms with E-state index in [1.807, 2.05) is 38.1 Å². The van der Waals surface area contributed by atoms with Crippen LogP contribution < -0.4 is 15.1 Å². The Morgan fingerprint density at radius 2 is 1.63 bits per heavy atom. The molecule has 0 atom stereocenters. The van der Waals surface area contributed by atoms with E-state index in [-0.39, 0.29) is 5.82 Å². The van der Waals surface area contributed by atoms with E-state index in [0.717, 1.165) is 43.4 Å². The molecular weight excluding hydrogens is 347 g/mol. The van der Waals surface area contributed by atoms with E-state index >= 15 is 0 Å². The lowest BCUT2D eigenvalue weighted by atomic mass is 10.2. The summed E-state index contributed by atoms with van der Waals surface area (Å²) in [5, 5.41) is 7.10. The molecule has 0 unspecified atom stereocenters. The van der Waals surface area contributed by atoms with E-state index in [2.05, 4.69) is 30.2 Å². The van der Waals surface area contributed by atoms with Crippen LogP contribution >= 0.6 is 0 Å². The number of anilines is 4. The molecule has 3 heterocycles. The van der Waals surface area contributed by atoms with Gasteiger partial charge in [-0.2, -0.15) is 0 Å². The zero-order valence-electron chi connectivity index (χ0n) is 15.3. The number of aryl methyl sites for hydroxylation is 2. The van der Waals surface area contributed by atoms with Gasteiger partial charge in [0.1, 0.15) is 29.0 Å². The van der Waals surface area contributed by atoms with Crippen molar-refractivity contribution in [2.75, 3.05) is 41.3 Å². The average molecular weight is 368 g/mol. The van der Waals surface area contributed by atoms with E-state index in [4.69, 9.17) is 4.52 Å². The third-order valence-electron chi connectivity index (χ3n) is 4.50. The van der Waals surface area contributed by atoms with Gasteiger partial charge in [0.2, 0.25) is 0 Å². The van der Waals surface area contributed by atoms with Gasteiger partial charge in [0.25, 0.3) is 0 Å². The van der Waals surface area contributed by atoms with Crippen molar-refractivity contribution in [1.29, 1.82) is 0 Å².